The van der Waals surface area contributed by atoms with Crippen LogP contribution >= 0.6 is 0 Å². The maximum atomic E-state index is 12.4. The Morgan fingerprint density at radius 3 is 2.87 bits per heavy atom. The van der Waals surface area contributed by atoms with Gasteiger partial charge in [-0.1, -0.05) is 42.4 Å². The summed E-state index contributed by atoms with van der Waals surface area (Å²) in [5, 5.41) is 11.2. The summed E-state index contributed by atoms with van der Waals surface area (Å²) in [6.45, 7) is 2.47. The van der Waals surface area contributed by atoms with Gasteiger partial charge in [-0.15, -0.1) is 0 Å². The number of likely N-dealkylation sites (N-methyl/N-ethyl adjacent to an activating group) is 1. The van der Waals surface area contributed by atoms with Crippen molar-refractivity contribution in [2.45, 2.75) is 32.4 Å². The standard InChI is InChI=1S/C17H20N4O2/c1-3-13-10-16(23-20-13)17(22)21(2)11-14-9-15(19-18-14)12-7-5-4-6-8-12/h4-9,16H,3,10-11H2,1-2H3,(H,18,19)/t16-/m1/s1. The second-order valence-electron chi connectivity index (χ2n) is 5.65. The first-order valence-corrected chi connectivity index (χ1v) is 7.73. The van der Waals surface area contributed by atoms with Gasteiger partial charge in [-0.05, 0) is 12.5 Å². The van der Waals surface area contributed by atoms with Crippen molar-refractivity contribution >= 4 is 11.6 Å². The summed E-state index contributed by atoms with van der Waals surface area (Å²) in [4.78, 5) is 19.2. The summed E-state index contributed by atoms with van der Waals surface area (Å²) in [6, 6.07) is 11.9. The number of nitrogens with zero attached hydrogens (tertiary/aromatic N) is 3. The van der Waals surface area contributed by atoms with Gasteiger partial charge in [0.05, 0.1) is 23.6 Å². The highest BCUT2D eigenvalue weighted by molar-refractivity contribution is 5.92. The number of aromatic amines is 1. The molecule has 0 spiro atoms. The van der Waals surface area contributed by atoms with Gasteiger partial charge in [0.2, 0.25) is 6.10 Å². The molecule has 3 rings (SSSR count). The summed E-state index contributed by atoms with van der Waals surface area (Å²) in [6.07, 6.45) is 0.901. The fraction of sp³-hybridized carbons (Fsp3) is 0.353. The summed E-state index contributed by atoms with van der Waals surface area (Å²) in [7, 11) is 1.76. The van der Waals surface area contributed by atoms with E-state index in [-0.39, 0.29) is 5.91 Å². The summed E-state index contributed by atoms with van der Waals surface area (Å²) >= 11 is 0. The highest BCUT2D eigenvalue weighted by atomic mass is 16.6. The second-order valence-corrected chi connectivity index (χ2v) is 5.65. The lowest BCUT2D eigenvalue weighted by Crippen LogP contribution is -2.36. The van der Waals surface area contributed by atoms with Crippen molar-refractivity contribution in [3.05, 3.63) is 42.1 Å². The van der Waals surface area contributed by atoms with Crippen LogP contribution in [0.3, 0.4) is 0 Å². The number of rotatable bonds is 5. The van der Waals surface area contributed by atoms with Crippen LogP contribution in [0.1, 0.15) is 25.5 Å². The Balaban J connectivity index is 1.61. The molecule has 1 amide bonds. The van der Waals surface area contributed by atoms with E-state index in [1.807, 2.05) is 43.3 Å². The first kappa shape index (κ1) is 15.3. The molecule has 0 radical (unpaired) electrons. The zero-order chi connectivity index (χ0) is 16.2. The number of amides is 1. The number of oxime groups is 1. The summed E-state index contributed by atoms with van der Waals surface area (Å²) in [5.74, 6) is -0.0620. The Morgan fingerprint density at radius 1 is 1.39 bits per heavy atom. The number of carbonyl (C=O) groups excluding carboxylic acids is 1. The van der Waals surface area contributed by atoms with Gasteiger partial charge in [0.25, 0.3) is 5.91 Å². The molecule has 6 nitrogen and oxygen atoms in total. The maximum Gasteiger partial charge on any atom is 0.266 e. The number of hydrogen-bond donors (Lipinski definition) is 1. The van der Waals surface area contributed by atoms with Crippen LogP contribution in [-0.2, 0) is 16.2 Å². The Hall–Kier alpha value is -2.63. The molecule has 0 bridgehead atoms. The topological polar surface area (TPSA) is 70.6 Å². The SMILES string of the molecule is CCC1=NO[C@@H](C(=O)N(C)Cc2cc(-c3ccccc3)n[nH]2)C1. The molecule has 1 N–H and O–H groups in total. The molecule has 23 heavy (non-hydrogen) atoms. The Bertz CT molecular complexity index is 708. The van der Waals surface area contributed by atoms with Crippen molar-refractivity contribution in [2.75, 3.05) is 7.05 Å². The smallest absolute Gasteiger partial charge is 0.266 e. The zero-order valence-corrected chi connectivity index (χ0v) is 13.3. The molecule has 120 valence electrons. The minimum Gasteiger partial charge on any atom is -0.382 e. The van der Waals surface area contributed by atoms with Crippen LogP contribution in [0.2, 0.25) is 0 Å². The van der Waals surface area contributed by atoms with Crippen molar-refractivity contribution in [1.82, 2.24) is 15.1 Å². The van der Waals surface area contributed by atoms with Crippen LogP contribution in [-0.4, -0.2) is 39.9 Å². The van der Waals surface area contributed by atoms with E-state index in [9.17, 15) is 4.79 Å². The first-order valence-electron chi connectivity index (χ1n) is 7.73. The van der Waals surface area contributed by atoms with E-state index < -0.39 is 6.10 Å². The van der Waals surface area contributed by atoms with Gasteiger partial charge >= 0.3 is 0 Å². The molecule has 0 saturated heterocycles. The van der Waals surface area contributed by atoms with Gasteiger partial charge in [-0.25, -0.2) is 0 Å². The van der Waals surface area contributed by atoms with E-state index in [1.54, 1.807) is 11.9 Å². The van der Waals surface area contributed by atoms with Gasteiger partial charge in [-0.2, -0.15) is 5.10 Å². The van der Waals surface area contributed by atoms with Gasteiger partial charge < -0.3 is 9.74 Å². The fourth-order valence-electron chi connectivity index (χ4n) is 2.55. The van der Waals surface area contributed by atoms with E-state index in [0.717, 1.165) is 29.1 Å². The molecule has 6 heteroatoms. The Kier molecular flexibility index (Phi) is 4.41. The number of aromatic nitrogens is 2. The number of hydrogen-bond acceptors (Lipinski definition) is 4. The Labute approximate surface area is 135 Å². The normalized spacial score (nSPS) is 16.8. The van der Waals surface area contributed by atoms with Gasteiger partial charge in [0.1, 0.15) is 0 Å². The van der Waals surface area contributed by atoms with Crippen LogP contribution < -0.4 is 0 Å². The number of nitrogens with one attached hydrogen (secondary N) is 1. The zero-order valence-electron chi connectivity index (χ0n) is 13.3. The van der Waals surface area contributed by atoms with Crippen LogP contribution in [0.25, 0.3) is 11.3 Å². The van der Waals surface area contributed by atoms with E-state index in [0.29, 0.717) is 13.0 Å². The predicted octanol–water partition coefficient (Wildman–Crippen LogP) is 2.59. The highest BCUT2D eigenvalue weighted by Gasteiger charge is 2.29. The second kappa shape index (κ2) is 6.64. The number of H-pyrrole nitrogens is 1. The summed E-state index contributed by atoms with van der Waals surface area (Å²) < 4.78 is 0. The minimum absolute atomic E-state index is 0.0620. The minimum atomic E-state index is -0.494. The molecule has 2 heterocycles. The average Bonchev–Trinajstić information content (AvgIpc) is 3.24. The molecule has 2 aromatic rings. The van der Waals surface area contributed by atoms with Crippen molar-refractivity contribution in [2.24, 2.45) is 5.16 Å². The average molecular weight is 312 g/mol. The van der Waals surface area contributed by atoms with Gasteiger partial charge in [0, 0.05) is 19.0 Å². The van der Waals surface area contributed by atoms with Crippen LogP contribution in [0, 0.1) is 0 Å². The van der Waals surface area contributed by atoms with Gasteiger partial charge in [-0.3, -0.25) is 9.89 Å². The van der Waals surface area contributed by atoms with E-state index in [2.05, 4.69) is 15.4 Å². The Morgan fingerprint density at radius 2 is 2.17 bits per heavy atom. The largest absolute Gasteiger partial charge is 0.382 e. The molecule has 1 aromatic carbocycles. The van der Waals surface area contributed by atoms with Crippen molar-refractivity contribution in [1.29, 1.82) is 0 Å². The van der Waals surface area contributed by atoms with Crippen molar-refractivity contribution < 1.29 is 9.63 Å². The lowest BCUT2D eigenvalue weighted by Gasteiger charge is -2.18. The van der Waals surface area contributed by atoms with E-state index >= 15 is 0 Å². The van der Waals surface area contributed by atoms with Crippen LogP contribution in [0.4, 0.5) is 0 Å². The molecule has 1 atom stereocenters. The molecule has 0 saturated carbocycles. The quantitative estimate of drug-likeness (QED) is 0.922. The summed E-state index contributed by atoms with van der Waals surface area (Å²) in [5.41, 5.74) is 3.73. The molecule has 0 fully saturated rings. The van der Waals surface area contributed by atoms with Crippen molar-refractivity contribution in [3.63, 3.8) is 0 Å². The van der Waals surface area contributed by atoms with Crippen molar-refractivity contribution in [3.8, 4) is 11.3 Å². The van der Waals surface area contributed by atoms with Crippen LogP contribution in [0.15, 0.2) is 41.6 Å². The molecule has 1 aliphatic heterocycles. The third-order valence-electron chi connectivity index (χ3n) is 3.90. The van der Waals surface area contributed by atoms with E-state index in [4.69, 9.17) is 4.84 Å². The lowest BCUT2D eigenvalue weighted by atomic mass is 10.1. The first-order chi connectivity index (χ1) is 11.2. The predicted molar refractivity (Wildman–Crippen MR) is 87.7 cm³/mol. The number of benzene rings is 1. The number of carbonyl (C=O) groups is 1. The van der Waals surface area contributed by atoms with Crippen LogP contribution in [0.5, 0.6) is 0 Å². The highest BCUT2D eigenvalue weighted by Crippen LogP contribution is 2.19. The van der Waals surface area contributed by atoms with E-state index in [1.165, 1.54) is 0 Å². The lowest BCUT2D eigenvalue weighted by molar-refractivity contribution is -0.141. The molecule has 1 aromatic heterocycles. The third kappa shape index (κ3) is 3.41. The molecular weight excluding hydrogens is 292 g/mol. The molecular formula is C17H20N4O2. The third-order valence-corrected chi connectivity index (χ3v) is 3.90. The fourth-order valence-corrected chi connectivity index (χ4v) is 2.55. The molecule has 1 aliphatic rings. The molecule has 0 unspecified atom stereocenters. The maximum absolute atomic E-state index is 12.4. The van der Waals surface area contributed by atoms with Gasteiger partial charge in [0.15, 0.2) is 0 Å². The molecule has 0 aliphatic carbocycles. The monoisotopic (exact) mass is 312 g/mol.